The zero-order chi connectivity index (χ0) is 20.9. The first-order valence-electron chi connectivity index (χ1n) is 10.1. The molecule has 0 fully saturated rings. The summed E-state index contributed by atoms with van der Waals surface area (Å²) >= 11 is 0. The van der Waals surface area contributed by atoms with Crippen LogP contribution in [0.5, 0.6) is 0 Å². The first kappa shape index (κ1) is 19.9. The number of amides is 1. The fourth-order valence-corrected chi connectivity index (χ4v) is 3.87. The second-order valence-electron chi connectivity index (χ2n) is 7.59. The quantitative estimate of drug-likeness (QED) is 0.647. The van der Waals surface area contributed by atoms with Gasteiger partial charge in [-0.15, -0.1) is 0 Å². The first-order valence-corrected chi connectivity index (χ1v) is 10.1. The number of esters is 1. The number of hydrogen-bond acceptors (Lipinski definition) is 3. The number of benzene rings is 3. The Hall–Kier alpha value is -3.44. The van der Waals surface area contributed by atoms with E-state index in [2.05, 4.69) is 34.3 Å². The third-order valence-corrected chi connectivity index (χ3v) is 5.54. The van der Waals surface area contributed by atoms with Crippen molar-refractivity contribution in [1.82, 2.24) is 0 Å². The van der Waals surface area contributed by atoms with Gasteiger partial charge in [-0.2, -0.15) is 0 Å². The van der Waals surface area contributed by atoms with E-state index in [1.54, 1.807) is 24.3 Å². The number of methoxy groups -OCH3 is 1. The van der Waals surface area contributed by atoms with E-state index < -0.39 is 5.97 Å². The molecule has 1 heterocycles. The number of quaternary nitrogens is 1. The minimum absolute atomic E-state index is 0.174. The second-order valence-corrected chi connectivity index (χ2v) is 7.59. The lowest BCUT2D eigenvalue weighted by Crippen LogP contribution is -3.10. The SMILES string of the molecule is COC(=O)c1ccc(NC(=O)c2ccc(C[NH+]3CCc4ccccc4C3)cc2)cc1. The highest BCUT2D eigenvalue weighted by atomic mass is 16.5. The van der Waals surface area contributed by atoms with Gasteiger partial charge in [-0.3, -0.25) is 4.79 Å². The number of hydrogen-bond donors (Lipinski definition) is 2. The van der Waals surface area contributed by atoms with E-state index in [4.69, 9.17) is 0 Å². The van der Waals surface area contributed by atoms with Crippen LogP contribution in [0.4, 0.5) is 5.69 Å². The zero-order valence-corrected chi connectivity index (χ0v) is 17.0. The van der Waals surface area contributed by atoms with E-state index >= 15 is 0 Å². The Labute approximate surface area is 176 Å². The average molecular weight is 401 g/mol. The summed E-state index contributed by atoms with van der Waals surface area (Å²) < 4.78 is 4.68. The lowest BCUT2D eigenvalue weighted by Gasteiger charge is -2.26. The standard InChI is InChI=1S/C25H24N2O3/c1-30-25(29)21-10-12-23(13-11-21)26-24(28)20-8-6-18(7-9-20)16-27-15-14-19-4-2-3-5-22(19)17-27/h2-13H,14-17H2,1H3,(H,26,28)/p+1. The summed E-state index contributed by atoms with van der Waals surface area (Å²) in [6, 6.07) is 23.1. The van der Waals surface area contributed by atoms with Crippen molar-refractivity contribution in [3.8, 4) is 0 Å². The third-order valence-electron chi connectivity index (χ3n) is 5.54. The van der Waals surface area contributed by atoms with E-state index in [1.165, 1.54) is 28.7 Å². The molecule has 2 N–H and O–H groups in total. The molecule has 30 heavy (non-hydrogen) atoms. The third kappa shape index (κ3) is 4.58. The number of carbonyl (C=O) groups is 2. The highest BCUT2D eigenvalue weighted by Crippen LogP contribution is 2.14. The molecule has 1 aliphatic rings. The molecular weight excluding hydrogens is 376 g/mol. The van der Waals surface area contributed by atoms with E-state index in [1.807, 2.05) is 24.3 Å². The van der Waals surface area contributed by atoms with Crippen LogP contribution in [0.2, 0.25) is 0 Å². The Morgan fingerprint density at radius 3 is 2.27 bits per heavy atom. The van der Waals surface area contributed by atoms with Crippen molar-refractivity contribution in [3.63, 3.8) is 0 Å². The molecule has 1 atom stereocenters. The monoisotopic (exact) mass is 401 g/mol. The van der Waals surface area contributed by atoms with Gasteiger partial charge in [0, 0.05) is 28.8 Å². The van der Waals surface area contributed by atoms with Crippen molar-refractivity contribution in [2.45, 2.75) is 19.5 Å². The van der Waals surface area contributed by atoms with Gasteiger partial charge < -0.3 is 15.0 Å². The number of carbonyl (C=O) groups excluding carboxylic acids is 2. The maximum atomic E-state index is 12.5. The molecule has 0 aliphatic carbocycles. The molecule has 0 bridgehead atoms. The van der Waals surface area contributed by atoms with E-state index in [0.717, 1.165) is 26.1 Å². The molecule has 4 rings (SSSR count). The maximum absolute atomic E-state index is 12.5. The van der Waals surface area contributed by atoms with Crippen molar-refractivity contribution in [1.29, 1.82) is 0 Å². The number of fused-ring (bicyclic) bond motifs is 1. The lowest BCUT2D eigenvalue weighted by atomic mass is 9.99. The molecule has 5 nitrogen and oxygen atoms in total. The number of nitrogens with one attached hydrogen (secondary N) is 2. The molecule has 3 aromatic rings. The molecule has 0 saturated carbocycles. The molecule has 3 aromatic carbocycles. The van der Waals surface area contributed by atoms with Crippen LogP contribution < -0.4 is 10.2 Å². The summed E-state index contributed by atoms with van der Waals surface area (Å²) in [4.78, 5) is 25.6. The van der Waals surface area contributed by atoms with Crippen molar-refractivity contribution in [2.24, 2.45) is 0 Å². The molecule has 5 heteroatoms. The molecule has 1 aliphatic heterocycles. The second kappa shape index (κ2) is 8.93. The van der Waals surface area contributed by atoms with Crippen LogP contribution in [0.3, 0.4) is 0 Å². The Balaban J connectivity index is 1.35. The van der Waals surface area contributed by atoms with Crippen molar-refractivity contribution >= 4 is 17.6 Å². The molecule has 1 unspecified atom stereocenters. The smallest absolute Gasteiger partial charge is 0.337 e. The summed E-state index contributed by atoms with van der Waals surface area (Å²) in [5.74, 6) is -0.575. The van der Waals surface area contributed by atoms with Crippen LogP contribution in [-0.4, -0.2) is 25.5 Å². The molecule has 152 valence electrons. The van der Waals surface area contributed by atoms with Crippen LogP contribution >= 0.6 is 0 Å². The molecule has 0 saturated heterocycles. The fourth-order valence-electron chi connectivity index (χ4n) is 3.87. The van der Waals surface area contributed by atoms with Gasteiger partial charge in [0.05, 0.1) is 19.2 Å². The van der Waals surface area contributed by atoms with Gasteiger partial charge in [0.2, 0.25) is 0 Å². The van der Waals surface area contributed by atoms with E-state index in [9.17, 15) is 9.59 Å². The molecule has 0 spiro atoms. The van der Waals surface area contributed by atoms with Crippen LogP contribution in [-0.2, 0) is 24.2 Å². The number of rotatable bonds is 5. The van der Waals surface area contributed by atoms with Gasteiger partial charge in [0.15, 0.2) is 0 Å². The molecule has 0 radical (unpaired) electrons. The predicted molar refractivity (Wildman–Crippen MR) is 116 cm³/mol. The highest BCUT2D eigenvalue weighted by Gasteiger charge is 2.19. The van der Waals surface area contributed by atoms with Gasteiger partial charge in [0.1, 0.15) is 13.1 Å². The first-order chi connectivity index (χ1) is 14.6. The van der Waals surface area contributed by atoms with Crippen molar-refractivity contribution in [2.75, 3.05) is 19.0 Å². The van der Waals surface area contributed by atoms with Crippen molar-refractivity contribution in [3.05, 3.63) is 101 Å². The Morgan fingerprint density at radius 1 is 0.900 bits per heavy atom. The lowest BCUT2D eigenvalue weighted by molar-refractivity contribution is -0.929. The minimum atomic E-state index is -0.400. The van der Waals surface area contributed by atoms with Crippen LogP contribution in [0.25, 0.3) is 0 Å². The summed E-state index contributed by atoms with van der Waals surface area (Å²) in [7, 11) is 1.34. The largest absolute Gasteiger partial charge is 0.465 e. The average Bonchev–Trinajstić information content (AvgIpc) is 2.79. The number of ether oxygens (including phenoxy) is 1. The fraction of sp³-hybridized carbons (Fsp3) is 0.200. The topological polar surface area (TPSA) is 59.8 Å². The van der Waals surface area contributed by atoms with Crippen LogP contribution in [0.15, 0.2) is 72.8 Å². The zero-order valence-electron chi connectivity index (χ0n) is 17.0. The Bertz CT molecular complexity index is 1040. The normalized spacial score (nSPS) is 15.2. The predicted octanol–water partition coefficient (Wildman–Crippen LogP) is 2.87. The summed E-state index contributed by atoms with van der Waals surface area (Å²) in [5, 5.41) is 2.86. The maximum Gasteiger partial charge on any atom is 0.337 e. The Kier molecular flexibility index (Phi) is 5.91. The van der Waals surface area contributed by atoms with Crippen LogP contribution in [0, 0.1) is 0 Å². The Morgan fingerprint density at radius 2 is 1.57 bits per heavy atom. The van der Waals surface area contributed by atoms with Gasteiger partial charge in [-0.1, -0.05) is 36.4 Å². The van der Waals surface area contributed by atoms with E-state index in [-0.39, 0.29) is 5.91 Å². The number of anilines is 1. The van der Waals surface area contributed by atoms with Gasteiger partial charge >= 0.3 is 5.97 Å². The van der Waals surface area contributed by atoms with E-state index in [0.29, 0.717) is 16.8 Å². The summed E-state index contributed by atoms with van der Waals surface area (Å²) in [5.41, 5.74) is 5.81. The van der Waals surface area contributed by atoms with Gasteiger partial charge in [-0.05, 0) is 42.0 Å². The highest BCUT2D eigenvalue weighted by molar-refractivity contribution is 6.04. The summed E-state index contributed by atoms with van der Waals surface area (Å²) in [6.45, 7) is 3.12. The van der Waals surface area contributed by atoms with Gasteiger partial charge in [0.25, 0.3) is 5.91 Å². The van der Waals surface area contributed by atoms with Crippen molar-refractivity contribution < 1.29 is 19.2 Å². The molecular formula is C25H25N2O3+. The molecule has 0 aromatic heterocycles. The minimum Gasteiger partial charge on any atom is -0.465 e. The summed E-state index contributed by atoms with van der Waals surface area (Å²) in [6.07, 6.45) is 1.11. The van der Waals surface area contributed by atoms with Gasteiger partial charge in [-0.25, -0.2) is 4.79 Å². The van der Waals surface area contributed by atoms with Crippen LogP contribution in [0.1, 0.15) is 37.4 Å². The molecule has 1 amide bonds.